The molecule has 3 nitrogen and oxygen atoms in total. The van der Waals surface area contributed by atoms with Crippen LogP contribution in [0.25, 0.3) is 0 Å². The predicted molar refractivity (Wildman–Crippen MR) is 63.4 cm³/mol. The van der Waals surface area contributed by atoms with Gasteiger partial charge in [0.2, 0.25) is 0 Å². The average Bonchev–Trinajstić information content (AvgIpc) is 2.25. The molecule has 2 rings (SSSR count). The van der Waals surface area contributed by atoms with E-state index in [1.807, 2.05) is 24.3 Å². The monoisotopic (exact) mass is 263 g/mol. The molecule has 1 aromatic carbocycles. The van der Waals surface area contributed by atoms with Gasteiger partial charge < -0.3 is 5.73 Å². The molecule has 0 bridgehead atoms. The zero-order valence-corrected chi connectivity index (χ0v) is 9.61. The van der Waals surface area contributed by atoms with Crippen molar-refractivity contribution in [3.8, 4) is 0 Å². The van der Waals surface area contributed by atoms with Crippen LogP contribution in [-0.2, 0) is 6.42 Å². The Hall–Kier alpha value is -1.42. The molecule has 0 aliphatic carbocycles. The van der Waals surface area contributed by atoms with Crippen LogP contribution in [0.15, 0.2) is 40.9 Å². The molecule has 0 unspecified atom stereocenters. The van der Waals surface area contributed by atoms with Gasteiger partial charge in [-0.25, -0.2) is 0 Å². The normalized spacial score (nSPS) is 10.2. The van der Waals surface area contributed by atoms with Crippen LogP contribution in [0.2, 0.25) is 0 Å². The smallest absolute Gasteiger partial charge is 0.160 e. The van der Waals surface area contributed by atoms with E-state index in [1.54, 1.807) is 0 Å². The lowest BCUT2D eigenvalue weighted by Gasteiger charge is -2.01. The highest BCUT2D eigenvalue weighted by Gasteiger charge is 2.02. The lowest BCUT2D eigenvalue weighted by atomic mass is 10.1. The molecule has 1 aromatic heterocycles. The van der Waals surface area contributed by atoms with Crippen molar-refractivity contribution in [3.05, 3.63) is 52.1 Å². The Balaban J connectivity index is 2.22. The molecule has 2 aromatic rings. The zero-order chi connectivity index (χ0) is 10.7. The van der Waals surface area contributed by atoms with E-state index in [-0.39, 0.29) is 0 Å². The van der Waals surface area contributed by atoms with Crippen LogP contribution in [0.4, 0.5) is 5.82 Å². The average molecular weight is 264 g/mol. The molecule has 0 radical (unpaired) electrons. The van der Waals surface area contributed by atoms with Crippen molar-refractivity contribution in [2.45, 2.75) is 6.42 Å². The van der Waals surface area contributed by atoms with E-state index < -0.39 is 0 Å². The molecule has 0 amide bonds. The van der Waals surface area contributed by atoms with E-state index in [4.69, 9.17) is 5.73 Å². The van der Waals surface area contributed by atoms with Gasteiger partial charge in [-0.3, -0.25) is 0 Å². The zero-order valence-electron chi connectivity index (χ0n) is 8.02. The molecule has 0 saturated carbocycles. The van der Waals surface area contributed by atoms with Crippen LogP contribution in [0.5, 0.6) is 0 Å². The van der Waals surface area contributed by atoms with Gasteiger partial charge in [0.05, 0.1) is 10.2 Å². The van der Waals surface area contributed by atoms with E-state index >= 15 is 0 Å². The molecule has 0 atom stereocenters. The molecule has 0 aliphatic rings. The summed E-state index contributed by atoms with van der Waals surface area (Å²) in [5, 5.41) is 7.89. The molecule has 76 valence electrons. The Morgan fingerprint density at radius 1 is 1.13 bits per heavy atom. The van der Waals surface area contributed by atoms with E-state index in [0.29, 0.717) is 5.82 Å². The number of anilines is 1. The number of hydrogen-bond acceptors (Lipinski definition) is 3. The lowest BCUT2D eigenvalue weighted by molar-refractivity contribution is 0.939. The van der Waals surface area contributed by atoms with Gasteiger partial charge in [0.25, 0.3) is 0 Å². The first-order chi connectivity index (χ1) is 7.25. The van der Waals surface area contributed by atoms with Crippen LogP contribution >= 0.6 is 15.9 Å². The van der Waals surface area contributed by atoms with Gasteiger partial charge in [0.15, 0.2) is 5.82 Å². The van der Waals surface area contributed by atoms with Gasteiger partial charge in [0, 0.05) is 6.42 Å². The minimum absolute atomic E-state index is 0.423. The lowest BCUT2D eigenvalue weighted by Crippen LogP contribution is -1.99. The largest absolute Gasteiger partial charge is 0.381 e. The number of aromatic nitrogens is 2. The standard InChI is InChI=1S/C11H10BrN3/c12-10-7-9(14-15-11(10)13)6-8-4-2-1-3-5-8/h1-5,7H,6H2,(H2,13,15). The third-order valence-corrected chi connectivity index (χ3v) is 2.69. The summed E-state index contributed by atoms with van der Waals surface area (Å²) in [6.45, 7) is 0. The van der Waals surface area contributed by atoms with Crippen LogP contribution in [0.1, 0.15) is 11.3 Å². The van der Waals surface area contributed by atoms with E-state index in [1.165, 1.54) is 5.56 Å². The molecule has 4 heteroatoms. The summed E-state index contributed by atoms with van der Waals surface area (Å²) in [4.78, 5) is 0. The first kappa shape index (κ1) is 10.1. The van der Waals surface area contributed by atoms with Crippen LogP contribution in [-0.4, -0.2) is 10.2 Å². The van der Waals surface area contributed by atoms with E-state index in [9.17, 15) is 0 Å². The van der Waals surface area contributed by atoms with Gasteiger partial charge in [-0.05, 0) is 27.6 Å². The Morgan fingerprint density at radius 3 is 2.53 bits per heavy atom. The third-order valence-electron chi connectivity index (χ3n) is 2.05. The first-order valence-electron chi connectivity index (χ1n) is 4.57. The molecule has 0 aliphatic heterocycles. The van der Waals surface area contributed by atoms with Crippen molar-refractivity contribution in [2.24, 2.45) is 0 Å². The SMILES string of the molecule is Nc1nnc(Cc2ccccc2)cc1Br. The maximum absolute atomic E-state index is 5.56. The van der Waals surface area contributed by atoms with Crippen LogP contribution in [0, 0.1) is 0 Å². The number of nitrogen functional groups attached to an aromatic ring is 1. The molecule has 1 heterocycles. The maximum atomic E-state index is 5.56. The summed E-state index contributed by atoms with van der Waals surface area (Å²) in [7, 11) is 0. The molecular formula is C11H10BrN3. The minimum Gasteiger partial charge on any atom is -0.381 e. The number of rotatable bonds is 2. The van der Waals surface area contributed by atoms with Gasteiger partial charge in [0.1, 0.15) is 0 Å². The number of hydrogen-bond donors (Lipinski definition) is 1. The quantitative estimate of drug-likeness (QED) is 0.906. The highest BCUT2D eigenvalue weighted by Crippen LogP contribution is 2.17. The fraction of sp³-hybridized carbons (Fsp3) is 0.0909. The maximum Gasteiger partial charge on any atom is 0.160 e. The molecule has 15 heavy (non-hydrogen) atoms. The predicted octanol–water partition coefficient (Wildman–Crippen LogP) is 2.41. The molecule has 0 saturated heterocycles. The first-order valence-corrected chi connectivity index (χ1v) is 5.36. The summed E-state index contributed by atoms with van der Waals surface area (Å²) in [6.07, 6.45) is 0.771. The Bertz CT molecular complexity index is 457. The van der Waals surface area contributed by atoms with Gasteiger partial charge >= 0.3 is 0 Å². The second-order valence-corrected chi connectivity index (χ2v) is 4.09. The number of halogens is 1. The highest BCUT2D eigenvalue weighted by atomic mass is 79.9. The summed E-state index contributed by atoms with van der Waals surface area (Å²) in [5.74, 6) is 0.423. The van der Waals surface area contributed by atoms with Gasteiger partial charge in [-0.2, -0.15) is 5.10 Å². The second-order valence-electron chi connectivity index (χ2n) is 3.23. The highest BCUT2D eigenvalue weighted by molar-refractivity contribution is 9.10. The van der Waals surface area contributed by atoms with Gasteiger partial charge in [-0.15, -0.1) is 5.10 Å². The van der Waals surface area contributed by atoms with Crippen molar-refractivity contribution >= 4 is 21.7 Å². The van der Waals surface area contributed by atoms with E-state index in [0.717, 1.165) is 16.6 Å². The topological polar surface area (TPSA) is 51.8 Å². The third kappa shape index (κ3) is 2.53. The summed E-state index contributed by atoms with van der Waals surface area (Å²) in [5.41, 5.74) is 7.68. The molecule has 2 N–H and O–H groups in total. The fourth-order valence-electron chi connectivity index (χ4n) is 1.31. The van der Waals surface area contributed by atoms with Crippen LogP contribution < -0.4 is 5.73 Å². The van der Waals surface area contributed by atoms with Crippen LogP contribution in [0.3, 0.4) is 0 Å². The minimum atomic E-state index is 0.423. The number of nitrogens with zero attached hydrogens (tertiary/aromatic N) is 2. The van der Waals surface area contributed by atoms with Crippen molar-refractivity contribution in [2.75, 3.05) is 5.73 Å². The van der Waals surface area contributed by atoms with Crippen molar-refractivity contribution in [1.82, 2.24) is 10.2 Å². The summed E-state index contributed by atoms with van der Waals surface area (Å²) >= 11 is 3.33. The summed E-state index contributed by atoms with van der Waals surface area (Å²) in [6, 6.07) is 12.0. The summed E-state index contributed by atoms with van der Waals surface area (Å²) < 4.78 is 0.795. The molecule has 0 spiro atoms. The Labute approximate surface area is 96.5 Å². The Kier molecular flexibility index (Phi) is 2.97. The van der Waals surface area contributed by atoms with Crippen molar-refractivity contribution in [1.29, 1.82) is 0 Å². The molecule has 0 fully saturated rings. The number of benzene rings is 1. The van der Waals surface area contributed by atoms with Crippen molar-refractivity contribution in [3.63, 3.8) is 0 Å². The van der Waals surface area contributed by atoms with Crippen molar-refractivity contribution < 1.29 is 0 Å². The molecular weight excluding hydrogens is 254 g/mol. The Morgan fingerprint density at radius 2 is 1.87 bits per heavy atom. The second kappa shape index (κ2) is 4.40. The fourth-order valence-corrected chi connectivity index (χ4v) is 1.65. The van der Waals surface area contributed by atoms with E-state index in [2.05, 4.69) is 38.3 Å². The number of nitrogens with two attached hydrogens (primary N) is 1. The van der Waals surface area contributed by atoms with Gasteiger partial charge in [-0.1, -0.05) is 30.3 Å².